The van der Waals surface area contributed by atoms with Crippen LogP contribution in [0.25, 0.3) is 11.2 Å². The van der Waals surface area contributed by atoms with Crippen molar-refractivity contribution < 1.29 is 9.90 Å². The number of hydrogen-bond acceptors (Lipinski definition) is 5. The van der Waals surface area contributed by atoms with Crippen LogP contribution in [0.4, 0.5) is 0 Å². The summed E-state index contributed by atoms with van der Waals surface area (Å²) in [5, 5.41) is 10.2. The fourth-order valence-electron chi connectivity index (χ4n) is 1.68. The van der Waals surface area contributed by atoms with Crippen LogP contribution in [-0.2, 0) is 0 Å². The molecular weight excluding hydrogens is 300 g/mol. The topological polar surface area (TPSA) is 91.8 Å². The maximum Gasteiger partial charge on any atom is 0.336 e. The first-order valence-corrected chi connectivity index (χ1v) is 6.69. The third-order valence-corrected chi connectivity index (χ3v) is 3.88. The number of aromatic carboxylic acids is 1. The van der Waals surface area contributed by atoms with Gasteiger partial charge in [-0.3, -0.25) is 0 Å². The van der Waals surface area contributed by atoms with Gasteiger partial charge in [-0.1, -0.05) is 23.4 Å². The largest absolute Gasteiger partial charge is 0.478 e. The lowest BCUT2D eigenvalue weighted by atomic mass is 10.2. The van der Waals surface area contributed by atoms with Gasteiger partial charge in [-0.15, -0.1) is 0 Å². The van der Waals surface area contributed by atoms with Crippen LogP contribution in [0, 0.1) is 0 Å². The van der Waals surface area contributed by atoms with Crippen LogP contribution in [0.15, 0.2) is 40.8 Å². The molecule has 2 aromatic heterocycles. The molecule has 3 aromatic rings. The Morgan fingerprint density at radius 2 is 2.15 bits per heavy atom. The maximum atomic E-state index is 11.3. The van der Waals surface area contributed by atoms with Gasteiger partial charge in [0.2, 0.25) is 0 Å². The molecule has 0 aliphatic rings. The number of hydrogen-bond donors (Lipinski definition) is 2. The molecule has 2 heterocycles. The van der Waals surface area contributed by atoms with Crippen molar-refractivity contribution >= 4 is 40.5 Å². The zero-order valence-electron chi connectivity index (χ0n) is 9.87. The molecule has 100 valence electrons. The van der Waals surface area contributed by atoms with Crippen molar-refractivity contribution in [3.05, 3.63) is 41.4 Å². The van der Waals surface area contributed by atoms with E-state index in [1.165, 1.54) is 30.5 Å². The first-order valence-electron chi connectivity index (χ1n) is 5.50. The monoisotopic (exact) mass is 306 g/mol. The van der Waals surface area contributed by atoms with E-state index >= 15 is 0 Å². The standard InChI is InChI=1S/C12H7ClN4O2S/c13-6-1-2-8(7(3-6)12(18)19)20-11-9-10(15-4-14-9)16-5-17-11/h1-5H,(H,18,19)(H,14,15,16,17). The summed E-state index contributed by atoms with van der Waals surface area (Å²) in [4.78, 5) is 26.9. The summed E-state index contributed by atoms with van der Waals surface area (Å²) in [6.07, 6.45) is 2.91. The van der Waals surface area contributed by atoms with Crippen LogP contribution in [0.5, 0.6) is 0 Å². The molecule has 0 bridgehead atoms. The second-order valence-corrected chi connectivity index (χ2v) is 5.29. The number of aromatic nitrogens is 4. The zero-order valence-corrected chi connectivity index (χ0v) is 11.4. The predicted molar refractivity (Wildman–Crippen MR) is 74.2 cm³/mol. The summed E-state index contributed by atoms with van der Waals surface area (Å²) in [5.74, 6) is -1.04. The summed E-state index contributed by atoms with van der Waals surface area (Å²) in [5.41, 5.74) is 1.34. The van der Waals surface area contributed by atoms with Gasteiger partial charge in [-0.05, 0) is 18.2 Å². The van der Waals surface area contributed by atoms with Crippen LogP contribution in [-0.4, -0.2) is 31.0 Å². The number of aromatic amines is 1. The third kappa shape index (κ3) is 2.33. The quantitative estimate of drug-likeness (QED) is 0.723. The fourth-order valence-corrected chi connectivity index (χ4v) is 2.81. The number of carboxylic acid groups (broad SMARTS) is 1. The van der Waals surface area contributed by atoms with E-state index in [2.05, 4.69) is 19.9 Å². The van der Waals surface area contributed by atoms with E-state index in [9.17, 15) is 9.90 Å². The van der Waals surface area contributed by atoms with Gasteiger partial charge < -0.3 is 10.1 Å². The lowest BCUT2D eigenvalue weighted by Gasteiger charge is -2.06. The second kappa shape index (κ2) is 5.10. The highest BCUT2D eigenvalue weighted by atomic mass is 35.5. The molecule has 0 radical (unpaired) electrons. The van der Waals surface area contributed by atoms with Gasteiger partial charge in [0, 0.05) is 9.92 Å². The minimum Gasteiger partial charge on any atom is -0.478 e. The molecule has 0 amide bonds. The Morgan fingerprint density at radius 1 is 1.30 bits per heavy atom. The van der Waals surface area contributed by atoms with E-state index in [-0.39, 0.29) is 5.56 Å². The number of carboxylic acids is 1. The highest BCUT2D eigenvalue weighted by Crippen LogP contribution is 2.33. The number of nitrogens with zero attached hydrogens (tertiary/aromatic N) is 3. The molecule has 1 aromatic carbocycles. The smallest absolute Gasteiger partial charge is 0.336 e. The van der Waals surface area contributed by atoms with Gasteiger partial charge in [0.05, 0.1) is 11.9 Å². The third-order valence-electron chi connectivity index (χ3n) is 2.57. The van der Waals surface area contributed by atoms with E-state index in [0.717, 1.165) is 0 Å². The number of imidazole rings is 1. The van der Waals surface area contributed by atoms with Crippen molar-refractivity contribution in [1.29, 1.82) is 0 Å². The molecule has 0 saturated carbocycles. The van der Waals surface area contributed by atoms with Crippen molar-refractivity contribution in [3.63, 3.8) is 0 Å². The van der Waals surface area contributed by atoms with Crippen LogP contribution in [0.3, 0.4) is 0 Å². The molecule has 0 unspecified atom stereocenters. The van der Waals surface area contributed by atoms with Gasteiger partial charge in [0.1, 0.15) is 16.9 Å². The summed E-state index contributed by atoms with van der Waals surface area (Å²) in [6, 6.07) is 4.71. The minimum atomic E-state index is -1.04. The molecule has 0 aliphatic carbocycles. The zero-order chi connectivity index (χ0) is 14.1. The second-order valence-electron chi connectivity index (χ2n) is 3.83. The number of fused-ring (bicyclic) bond motifs is 1. The molecular formula is C12H7ClN4O2S. The van der Waals surface area contributed by atoms with Gasteiger partial charge in [0.25, 0.3) is 0 Å². The number of H-pyrrole nitrogens is 1. The molecule has 3 rings (SSSR count). The number of carbonyl (C=O) groups is 1. The molecule has 0 spiro atoms. The van der Waals surface area contributed by atoms with Gasteiger partial charge in [-0.25, -0.2) is 19.7 Å². The van der Waals surface area contributed by atoms with Gasteiger partial charge >= 0.3 is 5.97 Å². The Hall–Kier alpha value is -2.12. The lowest BCUT2D eigenvalue weighted by molar-refractivity contribution is 0.0693. The lowest BCUT2D eigenvalue weighted by Crippen LogP contribution is -1.99. The van der Waals surface area contributed by atoms with E-state index in [0.29, 0.717) is 26.1 Å². The Labute approximate surface area is 122 Å². The summed E-state index contributed by atoms with van der Waals surface area (Å²) < 4.78 is 0. The Kier molecular flexibility index (Phi) is 3.29. The van der Waals surface area contributed by atoms with Crippen LogP contribution >= 0.6 is 23.4 Å². The number of nitrogens with one attached hydrogen (secondary N) is 1. The molecule has 20 heavy (non-hydrogen) atoms. The van der Waals surface area contributed by atoms with E-state index in [1.54, 1.807) is 12.1 Å². The highest BCUT2D eigenvalue weighted by Gasteiger charge is 2.15. The highest BCUT2D eigenvalue weighted by molar-refractivity contribution is 7.99. The average molecular weight is 307 g/mol. The molecule has 0 saturated heterocycles. The maximum absolute atomic E-state index is 11.3. The number of benzene rings is 1. The number of rotatable bonds is 3. The number of halogens is 1. The van der Waals surface area contributed by atoms with Crippen LogP contribution < -0.4 is 0 Å². The van der Waals surface area contributed by atoms with Crippen molar-refractivity contribution in [2.24, 2.45) is 0 Å². The molecule has 8 heteroatoms. The minimum absolute atomic E-state index is 0.133. The van der Waals surface area contributed by atoms with Crippen molar-refractivity contribution in [3.8, 4) is 0 Å². The molecule has 0 atom stereocenters. The molecule has 2 N–H and O–H groups in total. The summed E-state index contributed by atoms with van der Waals surface area (Å²) in [7, 11) is 0. The van der Waals surface area contributed by atoms with Gasteiger partial charge in [-0.2, -0.15) is 0 Å². The predicted octanol–water partition coefficient (Wildman–Crippen LogP) is 2.86. The molecule has 0 aliphatic heterocycles. The van der Waals surface area contributed by atoms with E-state index in [1.807, 2.05) is 0 Å². The fraction of sp³-hybridized carbons (Fsp3) is 0. The Balaban J connectivity index is 2.07. The van der Waals surface area contributed by atoms with Crippen molar-refractivity contribution in [2.75, 3.05) is 0 Å². The van der Waals surface area contributed by atoms with E-state index < -0.39 is 5.97 Å². The first kappa shape index (κ1) is 12.9. The van der Waals surface area contributed by atoms with Crippen molar-refractivity contribution in [1.82, 2.24) is 19.9 Å². The summed E-state index contributed by atoms with van der Waals surface area (Å²) >= 11 is 7.05. The summed E-state index contributed by atoms with van der Waals surface area (Å²) in [6.45, 7) is 0. The van der Waals surface area contributed by atoms with Crippen LogP contribution in [0.2, 0.25) is 5.02 Å². The average Bonchev–Trinajstić information content (AvgIpc) is 2.90. The Morgan fingerprint density at radius 3 is 2.95 bits per heavy atom. The SMILES string of the molecule is O=C(O)c1cc(Cl)ccc1Sc1ncnc2nc[nH]c12. The van der Waals surface area contributed by atoms with Crippen molar-refractivity contribution in [2.45, 2.75) is 9.92 Å². The molecule has 0 fully saturated rings. The van der Waals surface area contributed by atoms with E-state index in [4.69, 9.17) is 11.6 Å². The first-order chi connectivity index (χ1) is 9.65. The van der Waals surface area contributed by atoms with Crippen LogP contribution in [0.1, 0.15) is 10.4 Å². The normalized spacial score (nSPS) is 10.8. The van der Waals surface area contributed by atoms with Gasteiger partial charge in [0.15, 0.2) is 5.65 Å². The Bertz CT molecular complexity index is 805. The molecule has 6 nitrogen and oxygen atoms in total.